The summed E-state index contributed by atoms with van der Waals surface area (Å²) in [6.07, 6.45) is 0. The quantitative estimate of drug-likeness (QED) is 0.583. The summed E-state index contributed by atoms with van der Waals surface area (Å²) in [6, 6.07) is 2.17. The maximum Gasteiger partial charge on any atom is 0.101 e. The highest BCUT2D eigenvalue weighted by molar-refractivity contribution is 5.45. The maximum atomic E-state index is 8.82. The number of rotatable bonds is 0. The van der Waals surface area contributed by atoms with Crippen LogP contribution in [0.2, 0.25) is 0 Å². The highest BCUT2D eigenvalue weighted by Gasteiger charge is 2.07. The van der Waals surface area contributed by atoms with Crippen molar-refractivity contribution in [3.63, 3.8) is 0 Å². The lowest BCUT2D eigenvalue weighted by Crippen LogP contribution is -1.99. The van der Waals surface area contributed by atoms with E-state index in [1.54, 1.807) is 0 Å². The molecule has 0 bridgehead atoms. The molecule has 1 heterocycles. The van der Waals surface area contributed by atoms with Gasteiger partial charge in [0.15, 0.2) is 0 Å². The van der Waals surface area contributed by atoms with Crippen molar-refractivity contribution in [3.8, 4) is 6.07 Å². The van der Waals surface area contributed by atoms with Crippen molar-refractivity contribution in [2.24, 2.45) is 0 Å². The molecule has 12 heavy (non-hydrogen) atoms. The summed E-state index contributed by atoms with van der Waals surface area (Å²) < 4.78 is 0. The zero-order valence-corrected chi connectivity index (χ0v) is 7.89. The van der Waals surface area contributed by atoms with Crippen LogP contribution in [0.4, 0.5) is 0 Å². The van der Waals surface area contributed by atoms with E-state index in [0.717, 1.165) is 28.1 Å². The van der Waals surface area contributed by atoms with Gasteiger partial charge in [-0.05, 0) is 38.8 Å². The van der Waals surface area contributed by atoms with Crippen molar-refractivity contribution in [1.29, 1.82) is 5.26 Å². The Morgan fingerprint density at radius 3 is 2.08 bits per heavy atom. The van der Waals surface area contributed by atoms with E-state index in [4.69, 9.17) is 5.26 Å². The zero-order valence-electron chi connectivity index (χ0n) is 7.89. The van der Waals surface area contributed by atoms with Crippen LogP contribution >= 0.6 is 0 Å². The molecule has 0 N–H and O–H groups in total. The average Bonchev–Trinajstić information content (AvgIpc) is 2.01. The number of nitriles is 1. The first-order valence-corrected chi connectivity index (χ1v) is 3.92. The summed E-state index contributed by atoms with van der Waals surface area (Å²) in [5.41, 5.74) is 4.75. The first-order valence-electron chi connectivity index (χ1n) is 3.92. The molecule has 1 rings (SSSR count). The Hall–Kier alpha value is -1.36. The summed E-state index contributed by atoms with van der Waals surface area (Å²) >= 11 is 0. The summed E-state index contributed by atoms with van der Waals surface area (Å²) in [5, 5.41) is 8.82. The average molecular weight is 160 g/mol. The Kier molecular flexibility index (Phi) is 2.14. The van der Waals surface area contributed by atoms with Gasteiger partial charge >= 0.3 is 0 Å². The standard InChI is InChI=1S/C10H12N2/c1-6-7(2)10(5-11)9(4)12-8(6)3/h1-4H3. The zero-order chi connectivity index (χ0) is 9.30. The summed E-state index contributed by atoms with van der Waals surface area (Å²) in [4.78, 5) is 4.28. The van der Waals surface area contributed by atoms with Gasteiger partial charge in [0.25, 0.3) is 0 Å². The minimum atomic E-state index is 0.720. The number of aryl methyl sites for hydroxylation is 2. The van der Waals surface area contributed by atoms with E-state index in [0.29, 0.717) is 0 Å². The number of pyridine rings is 1. The molecule has 62 valence electrons. The van der Waals surface area contributed by atoms with E-state index < -0.39 is 0 Å². The van der Waals surface area contributed by atoms with Gasteiger partial charge in [-0.3, -0.25) is 4.98 Å². The van der Waals surface area contributed by atoms with E-state index in [2.05, 4.69) is 11.1 Å². The SMILES string of the molecule is Cc1nc(C)c(C#N)c(C)c1C. The highest BCUT2D eigenvalue weighted by Crippen LogP contribution is 2.16. The normalized spacial score (nSPS) is 9.58. The van der Waals surface area contributed by atoms with Gasteiger partial charge in [0, 0.05) is 5.69 Å². The minimum Gasteiger partial charge on any atom is -0.257 e. The molecule has 1 aromatic rings. The molecule has 0 amide bonds. The fourth-order valence-electron chi connectivity index (χ4n) is 1.29. The Morgan fingerprint density at radius 2 is 1.58 bits per heavy atom. The molecule has 1 aromatic heterocycles. The molecule has 0 saturated carbocycles. The van der Waals surface area contributed by atoms with Crippen LogP contribution in [0.25, 0.3) is 0 Å². The van der Waals surface area contributed by atoms with Crippen LogP contribution in [0, 0.1) is 39.0 Å². The van der Waals surface area contributed by atoms with Gasteiger partial charge in [-0.15, -0.1) is 0 Å². The second-order valence-corrected chi connectivity index (χ2v) is 3.02. The third kappa shape index (κ3) is 1.18. The van der Waals surface area contributed by atoms with Crippen molar-refractivity contribution in [1.82, 2.24) is 4.98 Å². The van der Waals surface area contributed by atoms with Crippen molar-refractivity contribution < 1.29 is 0 Å². The number of aromatic nitrogens is 1. The van der Waals surface area contributed by atoms with Gasteiger partial charge in [-0.25, -0.2) is 0 Å². The predicted molar refractivity (Wildman–Crippen MR) is 47.9 cm³/mol. The van der Waals surface area contributed by atoms with Gasteiger partial charge in [0.2, 0.25) is 0 Å². The van der Waals surface area contributed by atoms with Gasteiger partial charge in [-0.2, -0.15) is 5.26 Å². The van der Waals surface area contributed by atoms with E-state index >= 15 is 0 Å². The van der Waals surface area contributed by atoms with Crippen LogP contribution in [-0.4, -0.2) is 4.98 Å². The van der Waals surface area contributed by atoms with E-state index in [1.807, 2.05) is 27.7 Å². The molecule has 2 nitrogen and oxygen atoms in total. The summed E-state index contributed by atoms with van der Waals surface area (Å²) in [6.45, 7) is 7.81. The first kappa shape index (κ1) is 8.73. The van der Waals surface area contributed by atoms with E-state index in [1.165, 1.54) is 0 Å². The van der Waals surface area contributed by atoms with Crippen molar-refractivity contribution in [3.05, 3.63) is 28.1 Å². The van der Waals surface area contributed by atoms with E-state index in [-0.39, 0.29) is 0 Å². The lowest BCUT2D eigenvalue weighted by Gasteiger charge is -2.07. The smallest absolute Gasteiger partial charge is 0.101 e. The van der Waals surface area contributed by atoms with Crippen LogP contribution < -0.4 is 0 Å². The molecule has 0 saturated heterocycles. The summed E-state index contributed by atoms with van der Waals surface area (Å²) in [7, 11) is 0. The fourth-order valence-corrected chi connectivity index (χ4v) is 1.29. The lowest BCUT2D eigenvalue weighted by molar-refractivity contribution is 1.05. The third-order valence-electron chi connectivity index (χ3n) is 2.29. The number of hydrogen-bond acceptors (Lipinski definition) is 2. The monoisotopic (exact) mass is 160 g/mol. The molecular weight excluding hydrogens is 148 g/mol. The third-order valence-corrected chi connectivity index (χ3v) is 2.29. The van der Waals surface area contributed by atoms with Crippen molar-refractivity contribution in [2.45, 2.75) is 27.7 Å². The molecule has 0 radical (unpaired) electrons. The number of hydrogen-bond donors (Lipinski definition) is 0. The van der Waals surface area contributed by atoms with Crippen molar-refractivity contribution >= 4 is 0 Å². The van der Waals surface area contributed by atoms with Crippen LogP contribution in [-0.2, 0) is 0 Å². The van der Waals surface area contributed by atoms with Crippen LogP contribution in [0.3, 0.4) is 0 Å². The molecule has 0 aliphatic heterocycles. The van der Waals surface area contributed by atoms with Gasteiger partial charge < -0.3 is 0 Å². The molecule has 0 spiro atoms. The van der Waals surface area contributed by atoms with E-state index in [9.17, 15) is 0 Å². The minimum absolute atomic E-state index is 0.720. The fraction of sp³-hybridized carbons (Fsp3) is 0.400. The molecule has 0 fully saturated rings. The first-order chi connectivity index (χ1) is 5.57. The molecule has 2 heteroatoms. The second-order valence-electron chi connectivity index (χ2n) is 3.02. The predicted octanol–water partition coefficient (Wildman–Crippen LogP) is 2.19. The molecule has 0 aliphatic carbocycles. The second kappa shape index (κ2) is 2.94. The van der Waals surface area contributed by atoms with Crippen LogP contribution in [0.5, 0.6) is 0 Å². The molecule has 0 unspecified atom stereocenters. The molecule has 0 aromatic carbocycles. The van der Waals surface area contributed by atoms with Crippen LogP contribution in [0.15, 0.2) is 0 Å². The molecule has 0 aliphatic rings. The maximum absolute atomic E-state index is 8.82. The Balaban J connectivity index is 3.54. The van der Waals surface area contributed by atoms with Gasteiger partial charge in [-0.1, -0.05) is 0 Å². The van der Waals surface area contributed by atoms with Crippen LogP contribution in [0.1, 0.15) is 28.1 Å². The Morgan fingerprint density at radius 1 is 1.00 bits per heavy atom. The lowest BCUT2D eigenvalue weighted by atomic mass is 10.0. The Bertz CT molecular complexity index is 359. The largest absolute Gasteiger partial charge is 0.257 e. The summed E-state index contributed by atoms with van der Waals surface area (Å²) in [5.74, 6) is 0. The van der Waals surface area contributed by atoms with Gasteiger partial charge in [0.05, 0.1) is 11.3 Å². The topological polar surface area (TPSA) is 36.7 Å². The molecular formula is C10H12N2. The molecule has 0 atom stereocenters. The Labute approximate surface area is 72.9 Å². The van der Waals surface area contributed by atoms with Gasteiger partial charge in [0.1, 0.15) is 6.07 Å². The number of nitrogens with zero attached hydrogens (tertiary/aromatic N) is 2. The van der Waals surface area contributed by atoms with Crippen molar-refractivity contribution in [2.75, 3.05) is 0 Å². The highest BCUT2D eigenvalue weighted by atomic mass is 14.7.